The smallest absolute Gasteiger partial charge is 0.330 e. The van der Waals surface area contributed by atoms with Crippen LogP contribution in [-0.2, 0) is 6.18 Å². The van der Waals surface area contributed by atoms with Crippen molar-refractivity contribution in [2.75, 3.05) is 5.32 Å². The second kappa shape index (κ2) is 4.73. The molecule has 0 atom stereocenters. The number of nitrogens with one attached hydrogen (secondary N) is 1. The minimum atomic E-state index is -4.48. The molecule has 18 heavy (non-hydrogen) atoms. The number of pyridine rings is 1. The summed E-state index contributed by atoms with van der Waals surface area (Å²) < 4.78 is 38.0. The Bertz CT molecular complexity index is 550. The maximum absolute atomic E-state index is 12.3. The molecule has 0 aromatic carbocycles. The van der Waals surface area contributed by atoms with Gasteiger partial charge in [-0.25, -0.2) is 4.68 Å². The number of halogens is 3. The van der Waals surface area contributed by atoms with Crippen LogP contribution < -0.4 is 5.32 Å². The summed E-state index contributed by atoms with van der Waals surface area (Å²) in [5, 5.41) is 6.11. The molecule has 2 aromatic heterocycles. The first-order chi connectivity index (χ1) is 8.47. The molecule has 2 aromatic rings. The molecule has 0 saturated heterocycles. The highest BCUT2D eigenvalue weighted by atomic mass is 32.1. The average Bonchev–Trinajstić information content (AvgIpc) is 2.79. The van der Waals surface area contributed by atoms with Gasteiger partial charge in [-0.3, -0.25) is 4.98 Å². The summed E-state index contributed by atoms with van der Waals surface area (Å²) in [7, 11) is 0. The van der Waals surface area contributed by atoms with Crippen LogP contribution in [0.4, 0.5) is 18.9 Å². The number of anilines is 1. The minimum Gasteiger partial charge on any atom is -0.330 e. The van der Waals surface area contributed by atoms with Gasteiger partial charge in [-0.1, -0.05) is 0 Å². The average molecular weight is 272 g/mol. The van der Waals surface area contributed by atoms with Crippen LogP contribution in [0.25, 0.3) is 0 Å². The molecule has 0 unspecified atom stereocenters. The largest absolute Gasteiger partial charge is 0.435 e. The van der Waals surface area contributed by atoms with Crippen LogP contribution in [0.3, 0.4) is 0 Å². The molecular weight excluding hydrogens is 265 g/mol. The third kappa shape index (κ3) is 2.83. The van der Waals surface area contributed by atoms with Gasteiger partial charge in [0, 0.05) is 12.4 Å². The number of thiocarbonyl (C=S) groups is 1. The third-order valence-electron chi connectivity index (χ3n) is 2.00. The van der Waals surface area contributed by atoms with Gasteiger partial charge in [-0.05, 0) is 30.4 Å². The number of rotatable bonds is 1. The molecule has 0 saturated carbocycles. The normalized spacial score (nSPS) is 11.3. The van der Waals surface area contributed by atoms with Gasteiger partial charge in [0.05, 0.1) is 11.9 Å². The molecule has 94 valence electrons. The Morgan fingerprint density at radius 1 is 1.33 bits per heavy atom. The van der Waals surface area contributed by atoms with Gasteiger partial charge >= 0.3 is 6.18 Å². The van der Waals surface area contributed by atoms with Crippen molar-refractivity contribution in [3.8, 4) is 0 Å². The monoisotopic (exact) mass is 272 g/mol. The second-order valence-electron chi connectivity index (χ2n) is 3.32. The van der Waals surface area contributed by atoms with E-state index in [0.717, 1.165) is 16.9 Å². The van der Waals surface area contributed by atoms with Crippen LogP contribution in [0.5, 0.6) is 0 Å². The van der Waals surface area contributed by atoms with Crippen LogP contribution in [-0.4, -0.2) is 19.9 Å². The summed E-state index contributed by atoms with van der Waals surface area (Å²) in [6.07, 6.45) is -0.256. The van der Waals surface area contributed by atoms with Crippen molar-refractivity contribution >= 4 is 23.0 Å². The van der Waals surface area contributed by atoms with E-state index in [2.05, 4.69) is 15.4 Å². The van der Waals surface area contributed by atoms with Crippen LogP contribution >= 0.6 is 12.2 Å². The van der Waals surface area contributed by atoms with Gasteiger partial charge in [0.1, 0.15) is 0 Å². The molecule has 0 fully saturated rings. The number of aromatic nitrogens is 3. The molecule has 0 bridgehead atoms. The summed E-state index contributed by atoms with van der Waals surface area (Å²) in [6, 6.07) is 4.22. The fourth-order valence-corrected chi connectivity index (χ4v) is 1.43. The predicted octanol–water partition coefficient (Wildman–Crippen LogP) is 2.54. The van der Waals surface area contributed by atoms with Gasteiger partial charge in [0.25, 0.3) is 0 Å². The molecule has 0 aliphatic heterocycles. The van der Waals surface area contributed by atoms with Gasteiger partial charge in [-0.15, -0.1) is 0 Å². The van der Waals surface area contributed by atoms with Crippen molar-refractivity contribution in [1.82, 2.24) is 14.8 Å². The molecular formula is C10H7F3N4S. The van der Waals surface area contributed by atoms with Crippen molar-refractivity contribution in [3.05, 3.63) is 42.5 Å². The first kappa shape index (κ1) is 12.5. The first-order valence-corrected chi connectivity index (χ1v) is 5.22. The summed E-state index contributed by atoms with van der Waals surface area (Å²) in [4.78, 5) is 3.84. The SMILES string of the molecule is FC(F)(F)c1ccn(C(=S)Nc2cccnc2)n1. The Morgan fingerprint density at radius 3 is 2.67 bits per heavy atom. The Hall–Kier alpha value is -1.96. The molecule has 1 N–H and O–H groups in total. The number of hydrogen-bond acceptors (Lipinski definition) is 3. The third-order valence-corrected chi connectivity index (χ3v) is 2.29. The first-order valence-electron chi connectivity index (χ1n) is 4.81. The molecule has 0 aliphatic rings. The molecule has 8 heteroatoms. The van der Waals surface area contributed by atoms with E-state index in [9.17, 15) is 13.2 Å². The van der Waals surface area contributed by atoms with Crippen LogP contribution in [0.1, 0.15) is 5.69 Å². The van der Waals surface area contributed by atoms with E-state index in [1.807, 2.05) is 0 Å². The van der Waals surface area contributed by atoms with Gasteiger partial charge in [0.2, 0.25) is 0 Å². The lowest BCUT2D eigenvalue weighted by atomic mass is 10.4. The predicted molar refractivity (Wildman–Crippen MR) is 63.1 cm³/mol. The molecule has 0 amide bonds. The standard InChI is InChI=1S/C10H7F3N4S/c11-10(12,13)8-3-5-17(16-8)9(18)15-7-2-1-4-14-6-7/h1-6H,(H,15,18). The van der Waals surface area contributed by atoms with E-state index in [0.29, 0.717) is 5.69 Å². The lowest BCUT2D eigenvalue weighted by Crippen LogP contribution is -2.20. The van der Waals surface area contributed by atoms with E-state index >= 15 is 0 Å². The zero-order chi connectivity index (χ0) is 13.2. The highest BCUT2D eigenvalue weighted by Gasteiger charge is 2.33. The quantitative estimate of drug-likeness (QED) is 0.810. The van der Waals surface area contributed by atoms with Crippen LogP contribution in [0.15, 0.2) is 36.8 Å². The van der Waals surface area contributed by atoms with E-state index < -0.39 is 11.9 Å². The van der Waals surface area contributed by atoms with E-state index in [1.54, 1.807) is 18.3 Å². The molecule has 0 spiro atoms. The Balaban J connectivity index is 2.13. The summed E-state index contributed by atoms with van der Waals surface area (Å²) >= 11 is 4.93. The van der Waals surface area contributed by atoms with Gasteiger partial charge in [-0.2, -0.15) is 18.3 Å². The van der Waals surface area contributed by atoms with Crippen molar-refractivity contribution in [1.29, 1.82) is 0 Å². The molecule has 2 rings (SSSR count). The summed E-state index contributed by atoms with van der Waals surface area (Å²) in [5.41, 5.74) is -0.413. The van der Waals surface area contributed by atoms with E-state index in [1.165, 1.54) is 6.20 Å². The van der Waals surface area contributed by atoms with Crippen molar-refractivity contribution in [3.63, 3.8) is 0 Å². The number of nitrogens with zero attached hydrogens (tertiary/aromatic N) is 3. The molecule has 2 heterocycles. The molecule has 4 nitrogen and oxygen atoms in total. The lowest BCUT2D eigenvalue weighted by Gasteiger charge is -2.07. The maximum Gasteiger partial charge on any atom is 0.435 e. The lowest BCUT2D eigenvalue weighted by molar-refractivity contribution is -0.141. The fraction of sp³-hybridized carbons (Fsp3) is 0.100. The van der Waals surface area contributed by atoms with Crippen molar-refractivity contribution < 1.29 is 13.2 Å². The van der Waals surface area contributed by atoms with Crippen molar-refractivity contribution in [2.45, 2.75) is 6.18 Å². The highest BCUT2D eigenvalue weighted by molar-refractivity contribution is 7.80. The minimum absolute atomic E-state index is 0.0403. The van der Waals surface area contributed by atoms with Gasteiger partial charge < -0.3 is 5.32 Å². The van der Waals surface area contributed by atoms with Gasteiger partial charge in [0.15, 0.2) is 10.8 Å². The van der Waals surface area contributed by atoms with Crippen LogP contribution in [0.2, 0.25) is 0 Å². The second-order valence-corrected chi connectivity index (χ2v) is 3.70. The molecule has 0 radical (unpaired) electrons. The zero-order valence-corrected chi connectivity index (χ0v) is 9.66. The van der Waals surface area contributed by atoms with E-state index in [4.69, 9.17) is 12.2 Å². The summed E-state index contributed by atoms with van der Waals surface area (Å²) in [5.74, 6) is 0. The van der Waals surface area contributed by atoms with E-state index in [-0.39, 0.29) is 5.11 Å². The highest BCUT2D eigenvalue weighted by Crippen LogP contribution is 2.27. The summed E-state index contributed by atoms with van der Waals surface area (Å²) in [6.45, 7) is 0. The zero-order valence-electron chi connectivity index (χ0n) is 8.85. The Labute approximate surface area is 105 Å². The van der Waals surface area contributed by atoms with Crippen LogP contribution in [0, 0.1) is 0 Å². The van der Waals surface area contributed by atoms with Crippen molar-refractivity contribution in [2.24, 2.45) is 0 Å². The fourth-order valence-electron chi connectivity index (χ4n) is 1.21. The molecule has 0 aliphatic carbocycles. The maximum atomic E-state index is 12.3. The number of hydrogen-bond donors (Lipinski definition) is 1. The Kier molecular flexibility index (Phi) is 3.28. The Morgan fingerprint density at radius 2 is 2.11 bits per heavy atom. The number of alkyl halides is 3. The topological polar surface area (TPSA) is 42.7 Å².